The van der Waals surface area contributed by atoms with E-state index in [1.165, 1.54) is 30.0 Å². The summed E-state index contributed by atoms with van der Waals surface area (Å²) in [5.74, 6) is 0.218. The van der Waals surface area contributed by atoms with Gasteiger partial charge in [0.1, 0.15) is 17.4 Å². The van der Waals surface area contributed by atoms with E-state index >= 15 is 0 Å². The summed E-state index contributed by atoms with van der Waals surface area (Å²) in [6, 6.07) is 18.4. The van der Waals surface area contributed by atoms with Crippen LogP contribution < -0.4 is 4.74 Å². The normalized spacial score (nSPS) is 10.9. The number of ether oxygens (including phenoxy) is 1. The third-order valence-corrected chi connectivity index (χ3v) is 5.68. The van der Waals surface area contributed by atoms with Crippen LogP contribution in [0, 0.1) is 11.6 Å². The summed E-state index contributed by atoms with van der Waals surface area (Å²) in [5.41, 5.74) is 1.60. The summed E-state index contributed by atoms with van der Waals surface area (Å²) in [5, 5.41) is 9.71. The molecular formula is C22H16ClF2N3OS. The molecule has 3 aromatic carbocycles. The SMILES string of the molecule is COc1ccc(-c2nnc(SCc3c(F)cccc3F)n2-c2ccc(Cl)cc2)cc1. The summed E-state index contributed by atoms with van der Waals surface area (Å²) in [6.45, 7) is 0. The number of nitrogens with zero attached hydrogens (tertiary/aromatic N) is 3. The molecule has 0 bridgehead atoms. The molecular weight excluding hydrogens is 428 g/mol. The molecule has 4 rings (SSSR count). The van der Waals surface area contributed by atoms with Gasteiger partial charge in [0.05, 0.1) is 7.11 Å². The van der Waals surface area contributed by atoms with E-state index in [9.17, 15) is 8.78 Å². The van der Waals surface area contributed by atoms with Crippen molar-refractivity contribution in [3.8, 4) is 22.8 Å². The van der Waals surface area contributed by atoms with Crippen molar-refractivity contribution in [3.05, 3.63) is 89.0 Å². The molecule has 4 aromatic rings. The Morgan fingerprint density at radius 3 is 2.23 bits per heavy atom. The zero-order chi connectivity index (χ0) is 21.1. The van der Waals surface area contributed by atoms with Crippen LogP contribution in [0.25, 0.3) is 17.1 Å². The van der Waals surface area contributed by atoms with Crippen molar-refractivity contribution < 1.29 is 13.5 Å². The average Bonchev–Trinajstić information content (AvgIpc) is 3.18. The Morgan fingerprint density at radius 1 is 0.933 bits per heavy atom. The van der Waals surface area contributed by atoms with Crippen LogP contribution in [0.15, 0.2) is 71.9 Å². The number of halogens is 3. The predicted octanol–water partition coefficient (Wildman–Crippen LogP) is 6.17. The van der Waals surface area contributed by atoms with Gasteiger partial charge in [0, 0.05) is 27.6 Å². The van der Waals surface area contributed by atoms with E-state index in [1.54, 1.807) is 19.2 Å². The van der Waals surface area contributed by atoms with Crippen molar-refractivity contribution in [2.75, 3.05) is 7.11 Å². The van der Waals surface area contributed by atoms with Gasteiger partial charge in [-0.1, -0.05) is 29.4 Å². The monoisotopic (exact) mass is 443 g/mol. The highest BCUT2D eigenvalue weighted by Gasteiger charge is 2.18. The zero-order valence-corrected chi connectivity index (χ0v) is 17.4. The maximum Gasteiger partial charge on any atom is 0.196 e. The molecule has 8 heteroatoms. The fourth-order valence-corrected chi connectivity index (χ4v) is 4.02. The van der Waals surface area contributed by atoms with Gasteiger partial charge in [-0.05, 0) is 60.7 Å². The molecule has 0 spiro atoms. The molecule has 0 amide bonds. The number of methoxy groups -OCH3 is 1. The fourth-order valence-electron chi connectivity index (χ4n) is 2.92. The lowest BCUT2D eigenvalue weighted by atomic mass is 10.2. The van der Waals surface area contributed by atoms with Crippen LogP contribution >= 0.6 is 23.4 Å². The van der Waals surface area contributed by atoms with Gasteiger partial charge >= 0.3 is 0 Å². The second-order valence-electron chi connectivity index (χ2n) is 6.34. The Balaban J connectivity index is 1.74. The van der Waals surface area contributed by atoms with E-state index in [0.717, 1.165) is 17.0 Å². The van der Waals surface area contributed by atoms with Crippen LogP contribution in [0.5, 0.6) is 5.75 Å². The Kier molecular flexibility index (Phi) is 6.01. The number of hydrogen-bond acceptors (Lipinski definition) is 4. The van der Waals surface area contributed by atoms with Gasteiger partial charge in [-0.25, -0.2) is 8.78 Å². The number of aromatic nitrogens is 3. The van der Waals surface area contributed by atoms with Crippen molar-refractivity contribution in [2.24, 2.45) is 0 Å². The van der Waals surface area contributed by atoms with E-state index < -0.39 is 11.6 Å². The lowest BCUT2D eigenvalue weighted by Gasteiger charge is -2.11. The maximum absolute atomic E-state index is 14.0. The smallest absolute Gasteiger partial charge is 0.196 e. The molecule has 0 radical (unpaired) electrons. The summed E-state index contributed by atoms with van der Waals surface area (Å²) in [6.07, 6.45) is 0. The van der Waals surface area contributed by atoms with Crippen molar-refractivity contribution >= 4 is 23.4 Å². The zero-order valence-electron chi connectivity index (χ0n) is 15.8. The number of hydrogen-bond donors (Lipinski definition) is 0. The van der Waals surface area contributed by atoms with Crippen LogP contribution in [0.4, 0.5) is 8.78 Å². The second kappa shape index (κ2) is 8.85. The molecule has 0 saturated carbocycles. The Morgan fingerprint density at radius 2 is 1.60 bits per heavy atom. The highest BCUT2D eigenvalue weighted by molar-refractivity contribution is 7.98. The van der Waals surface area contributed by atoms with Gasteiger partial charge < -0.3 is 4.74 Å². The highest BCUT2D eigenvalue weighted by atomic mass is 35.5. The first kappa shape index (κ1) is 20.4. The van der Waals surface area contributed by atoms with Crippen molar-refractivity contribution in [2.45, 2.75) is 10.9 Å². The van der Waals surface area contributed by atoms with Gasteiger partial charge in [0.25, 0.3) is 0 Å². The molecule has 1 heterocycles. The molecule has 30 heavy (non-hydrogen) atoms. The van der Waals surface area contributed by atoms with Crippen LogP contribution in [-0.2, 0) is 5.75 Å². The van der Waals surface area contributed by atoms with E-state index in [0.29, 0.717) is 16.0 Å². The van der Waals surface area contributed by atoms with Gasteiger partial charge in [-0.15, -0.1) is 10.2 Å². The topological polar surface area (TPSA) is 39.9 Å². The quantitative estimate of drug-likeness (QED) is 0.334. The van der Waals surface area contributed by atoms with Gasteiger partial charge in [-0.2, -0.15) is 0 Å². The molecule has 1 aromatic heterocycles. The van der Waals surface area contributed by atoms with Crippen LogP contribution in [0.1, 0.15) is 5.56 Å². The Bertz CT molecular complexity index is 1140. The van der Waals surface area contributed by atoms with Gasteiger partial charge in [-0.3, -0.25) is 4.57 Å². The number of rotatable bonds is 6. The maximum atomic E-state index is 14.0. The summed E-state index contributed by atoms with van der Waals surface area (Å²) >= 11 is 7.24. The van der Waals surface area contributed by atoms with E-state index in [1.807, 2.05) is 41.0 Å². The molecule has 0 aliphatic carbocycles. The standard InChI is InChI=1S/C22H16ClF2N3OS/c1-29-17-11-5-14(6-12-17)21-26-27-22(28(21)16-9-7-15(23)8-10-16)30-13-18-19(24)3-2-4-20(18)25/h2-12H,13H2,1H3. The minimum Gasteiger partial charge on any atom is -0.497 e. The van der Waals surface area contributed by atoms with Crippen LogP contribution in [-0.4, -0.2) is 21.9 Å². The first-order valence-electron chi connectivity index (χ1n) is 8.98. The van der Waals surface area contributed by atoms with E-state index in [-0.39, 0.29) is 11.3 Å². The molecule has 0 unspecified atom stereocenters. The van der Waals surface area contributed by atoms with Crippen molar-refractivity contribution in [1.82, 2.24) is 14.8 Å². The lowest BCUT2D eigenvalue weighted by Crippen LogP contribution is -2.00. The summed E-state index contributed by atoms with van der Waals surface area (Å²) < 4.78 is 35.1. The van der Waals surface area contributed by atoms with E-state index in [2.05, 4.69) is 10.2 Å². The Labute approximate surface area is 181 Å². The van der Waals surface area contributed by atoms with Crippen molar-refractivity contribution in [3.63, 3.8) is 0 Å². The Hall–Kier alpha value is -2.90. The number of benzene rings is 3. The van der Waals surface area contributed by atoms with Gasteiger partial charge in [0.15, 0.2) is 11.0 Å². The fraction of sp³-hybridized carbons (Fsp3) is 0.0909. The summed E-state index contributed by atoms with van der Waals surface area (Å²) in [7, 11) is 1.60. The third kappa shape index (κ3) is 4.17. The minimum atomic E-state index is -0.588. The molecule has 4 nitrogen and oxygen atoms in total. The molecule has 0 aliphatic heterocycles. The molecule has 0 N–H and O–H groups in total. The number of thioether (sulfide) groups is 1. The third-order valence-electron chi connectivity index (χ3n) is 4.47. The molecule has 0 atom stereocenters. The molecule has 0 aliphatic rings. The summed E-state index contributed by atoms with van der Waals surface area (Å²) in [4.78, 5) is 0. The minimum absolute atomic E-state index is 0.000784. The molecule has 152 valence electrons. The van der Waals surface area contributed by atoms with E-state index in [4.69, 9.17) is 16.3 Å². The van der Waals surface area contributed by atoms with Crippen LogP contribution in [0.2, 0.25) is 5.02 Å². The largest absolute Gasteiger partial charge is 0.497 e. The lowest BCUT2D eigenvalue weighted by molar-refractivity contribution is 0.415. The molecule has 0 fully saturated rings. The van der Waals surface area contributed by atoms with Gasteiger partial charge in [0.2, 0.25) is 0 Å². The first-order valence-corrected chi connectivity index (χ1v) is 10.3. The average molecular weight is 444 g/mol. The highest BCUT2D eigenvalue weighted by Crippen LogP contribution is 2.32. The van der Waals surface area contributed by atoms with Crippen molar-refractivity contribution in [1.29, 1.82) is 0 Å². The second-order valence-corrected chi connectivity index (χ2v) is 7.71. The molecule has 0 saturated heterocycles. The van der Waals surface area contributed by atoms with Crippen LogP contribution in [0.3, 0.4) is 0 Å². The predicted molar refractivity (Wildman–Crippen MR) is 114 cm³/mol. The first-order chi connectivity index (χ1) is 14.6.